The van der Waals surface area contributed by atoms with Gasteiger partial charge in [-0.3, -0.25) is 9.59 Å². The molecule has 1 aliphatic carbocycles. The Bertz CT molecular complexity index is 538. The van der Waals surface area contributed by atoms with Gasteiger partial charge in [-0.15, -0.1) is 0 Å². The molecule has 1 aliphatic rings. The van der Waals surface area contributed by atoms with Crippen molar-refractivity contribution in [3.05, 3.63) is 29.8 Å². The molecule has 0 aromatic heterocycles. The van der Waals surface area contributed by atoms with E-state index in [4.69, 9.17) is 10.8 Å². The van der Waals surface area contributed by atoms with Gasteiger partial charge >= 0.3 is 5.97 Å². The number of para-hydroxylation sites is 1. The highest BCUT2D eigenvalue weighted by atomic mass is 16.4. The number of rotatable bonds is 6. The standard InChI is InChI=1S/C16H22N2O3/c1-12-5-2-3-6-13(12)18(10-7-15(20)21)14(19)11-16(17)8-4-9-16/h2-3,5-6H,4,7-11,17H2,1H3,(H,20,21). The summed E-state index contributed by atoms with van der Waals surface area (Å²) in [6, 6.07) is 7.51. The van der Waals surface area contributed by atoms with Gasteiger partial charge in [-0.25, -0.2) is 0 Å². The van der Waals surface area contributed by atoms with Crippen molar-refractivity contribution in [3.63, 3.8) is 0 Å². The second-order valence-electron chi connectivity index (χ2n) is 5.87. The molecule has 1 fully saturated rings. The molecule has 0 heterocycles. The van der Waals surface area contributed by atoms with Crippen LogP contribution in [0, 0.1) is 6.92 Å². The molecule has 0 spiro atoms. The van der Waals surface area contributed by atoms with Crippen molar-refractivity contribution in [1.29, 1.82) is 0 Å². The van der Waals surface area contributed by atoms with Crippen LogP contribution in [0.25, 0.3) is 0 Å². The fourth-order valence-electron chi connectivity index (χ4n) is 2.66. The zero-order valence-corrected chi connectivity index (χ0v) is 12.3. The van der Waals surface area contributed by atoms with E-state index >= 15 is 0 Å². The highest BCUT2D eigenvalue weighted by Crippen LogP contribution is 2.33. The Balaban J connectivity index is 2.17. The van der Waals surface area contributed by atoms with E-state index in [9.17, 15) is 9.59 Å². The molecule has 5 nitrogen and oxygen atoms in total. The van der Waals surface area contributed by atoms with Crippen molar-refractivity contribution in [1.82, 2.24) is 0 Å². The van der Waals surface area contributed by atoms with Gasteiger partial charge in [0, 0.05) is 24.2 Å². The van der Waals surface area contributed by atoms with Gasteiger partial charge in [0.15, 0.2) is 0 Å². The number of amides is 1. The van der Waals surface area contributed by atoms with Crippen LogP contribution in [0.4, 0.5) is 5.69 Å². The second kappa shape index (κ2) is 6.26. The van der Waals surface area contributed by atoms with E-state index in [1.165, 1.54) is 0 Å². The molecule has 114 valence electrons. The van der Waals surface area contributed by atoms with Gasteiger partial charge < -0.3 is 15.7 Å². The number of carbonyl (C=O) groups excluding carboxylic acids is 1. The summed E-state index contributed by atoms with van der Waals surface area (Å²) in [7, 11) is 0. The van der Waals surface area contributed by atoms with Crippen LogP contribution in [0.1, 0.15) is 37.7 Å². The molecule has 0 atom stereocenters. The minimum absolute atomic E-state index is 0.0718. The number of carbonyl (C=O) groups is 2. The third kappa shape index (κ3) is 3.82. The molecule has 1 aromatic carbocycles. The van der Waals surface area contributed by atoms with Crippen molar-refractivity contribution < 1.29 is 14.7 Å². The van der Waals surface area contributed by atoms with Crippen LogP contribution in [0.3, 0.4) is 0 Å². The van der Waals surface area contributed by atoms with Crippen LogP contribution < -0.4 is 10.6 Å². The Labute approximate surface area is 124 Å². The van der Waals surface area contributed by atoms with E-state index in [1.807, 2.05) is 31.2 Å². The number of anilines is 1. The topological polar surface area (TPSA) is 83.6 Å². The maximum Gasteiger partial charge on any atom is 0.305 e. The van der Waals surface area contributed by atoms with Gasteiger partial charge in [-0.2, -0.15) is 0 Å². The molecule has 0 aliphatic heterocycles. The van der Waals surface area contributed by atoms with Crippen molar-refractivity contribution >= 4 is 17.6 Å². The number of carboxylic acids is 1. The lowest BCUT2D eigenvalue weighted by molar-refractivity contribution is -0.136. The lowest BCUT2D eigenvalue weighted by atomic mass is 9.75. The number of nitrogens with zero attached hydrogens (tertiary/aromatic N) is 1. The van der Waals surface area contributed by atoms with E-state index < -0.39 is 11.5 Å². The summed E-state index contributed by atoms with van der Waals surface area (Å²) in [4.78, 5) is 25.0. The van der Waals surface area contributed by atoms with Gasteiger partial charge in [0.1, 0.15) is 0 Å². The lowest BCUT2D eigenvalue weighted by Gasteiger charge is -2.39. The number of nitrogens with two attached hydrogens (primary N) is 1. The molecule has 0 unspecified atom stereocenters. The molecule has 21 heavy (non-hydrogen) atoms. The van der Waals surface area contributed by atoms with Crippen LogP contribution in [0.15, 0.2) is 24.3 Å². The van der Waals surface area contributed by atoms with Gasteiger partial charge in [0.05, 0.1) is 6.42 Å². The third-order valence-electron chi connectivity index (χ3n) is 4.11. The lowest BCUT2D eigenvalue weighted by Crippen LogP contribution is -2.51. The normalized spacial score (nSPS) is 16.1. The summed E-state index contributed by atoms with van der Waals surface area (Å²) in [5, 5.41) is 8.89. The summed E-state index contributed by atoms with van der Waals surface area (Å²) in [5.74, 6) is -1.000. The summed E-state index contributed by atoms with van der Waals surface area (Å²) in [6.07, 6.45) is 2.99. The first kappa shape index (κ1) is 15.5. The minimum atomic E-state index is -0.910. The Kier molecular flexibility index (Phi) is 4.63. The summed E-state index contributed by atoms with van der Waals surface area (Å²) in [5.41, 5.74) is 7.47. The highest BCUT2D eigenvalue weighted by molar-refractivity contribution is 5.95. The minimum Gasteiger partial charge on any atom is -0.481 e. The van der Waals surface area contributed by atoms with Crippen molar-refractivity contribution in [3.8, 4) is 0 Å². The fraction of sp³-hybridized carbons (Fsp3) is 0.500. The predicted molar refractivity (Wildman–Crippen MR) is 81.2 cm³/mol. The van der Waals surface area contributed by atoms with E-state index in [2.05, 4.69) is 0 Å². The maximum atomic E-state index is 12.6. The molecule has 1 saturated carbocycles. The van der Waals surface area contributed by atoms with Crippen molar-refractivity contribution in [2.45, 2.75) is 44.6 Å². The van der Waals surface area contributed by atoms with E-state index in [1.54, 1.807) is 4.90 Å². The molecule has 0 bridgehead atoms. The van der Waals surface area contributed by atoms with E-state index in [0.717, 1.165) is 30.5 Å². The Hall–Kier alpha value is -1.88. The summed E-state index contributed by atoms with van der Waals surface area (Å²) >= 11 is 0. The van der Waals surface area contributed by atoms with Crippen LogP contribution in [0.5, 0.6) is 0 Å². The van der Waals surface area contributed by atoms with Crippen molar-refractivity contribution in [2.75, 3.05) is 11.4 Å². The monoisotopic (exact) mass is 290 g/mol. The molecular formula is C16H22N2O3. The van der Waals surface area contributed by atoms with Crippen LogP contribution in [-0.2, 0) is 9.59 Å². The number of aliphatic carboxylic acids is 1. The zero-order chi connectivity index (χ0) is 15.5. The number of carboxylic acid groups (broad SMARTS) is 1. The van der Waals surface area contributed by atoms with E-state index in [0.29, 0.717) is 0 Å². The molecule has 2 rings (SSSR count). The largest absolute Gasteiger partial charge is 0.481 e. The Morgan fingerprint density at radius 3 is 2.52 bits per heavy atom. The number of benzene rings is 1. The fourth-order valence-corrected chi connectivity index (χ4v) is 2.66. The number of aryl methyl sites for hydroxylation is 1. The average Bonchev–Trinajstić information content (AvgIpc) is 2.38. The third-order valence-corrected chi connectivity index (χ3v) is 4.11. The van der Waals surface area contributed by atoms with Gasteiger partial charge in [0.25, 0.3) is 0 Å². The van der Waals surface area contributed by atoms with Gasteiger partial charge in [0.2, 0.25) is 5.91 Å². The maximum absolute atomic E-state index is 12.6. The molecule has 0 radical (unpaired) electrons. The molecule has 3 N–H and O–H groups in total. The predicted octanol–water partition coefficient (Wildman–Crippen LogP) is 2.07. The summed E-state index contributed by atoms with van der Waals surface area (Å²) < 4.78 is 0. The molecule has 5 heteroatoms. The molecule has 0 saturated heterocycles. The Morgan fingerprint density at radius 2 is 2.00 bits per heavy atom. The summed E-state index contributed by atoms with van der Waals surface area (Å²) in [6.45, 7) is 2.09. The Morgan fingerprint density at radius 1 is 1.33 bits per heavy atom. The first-order chi connectivity index (χ1) is 9.91. The SMILES string of the molecule is Cc1ccccc1N(CCC(=O)O)C(=O)CC1(N)CCC1. The highest BCUT2D eigenvalue weighted by Gasteiger charge is 2.36. The number of hydrogen-bond acceptors (Lipinski definition) is 3. The molecule has 1 amide bonds. The van der Waals surface area contributed by atoms with Crippen LogP contribution in [-0.4, -0.2) is 29.1 Å². The van der Waals surface area contributed by atoms with Gasteiger partial charge in [-0.05, 0) is 37.8 Å². The number of hydrogen-bond donors (Lipinski definition) is 2. The first-order valence-corrected chi connectivity index (χ1v) is 7.28. The molecular weight excluding hydrogens is 268 g/mol. The zero-order valence-electron chi connectivity index (χ0n) is 12.3. The van der Waals surface area contributed by atoms with Crippen LogP contribution in [0.2, 0.25) is 0 Å². The van der Waals surface area contributed by atoms with Crippen molar-refractivity contribution in [2.24, 2.45) is 5.73 Å². The average molecular weight is 290 g/mol. The first-order valence-electron chi connectivity index (χ1n) is 7.28. The quantitative estimate of drug-likeness (QED) is 0.840. The van der Waals surface area contributed by atoms with Gasteiger partial charge in [-0.1, -0.05) is 18.2 Å². The van der Waals surface area contributed by atoms with E-state index in [-0.39, 0.29) is 25.3 Å². The van der Waals surface area contributed by atoms with Crippen LogP contribution >= 0.6 is 0 Å². The smallest absolute Gasteiger partial charge is 0.305 e. The molecule has 1 aromatic rings. The second-order valence-corrected chi connectivity index (χ2v) is 5.87.